The molecule has 0 aliphatic heterocycles. The Labute approximate surface area is 102 Å². The van der Waals surface area contributed by atoms with Crippen molar-refractivity contribution in [1.82, 2.24) is 16.0 Å². The number of nitrogens with one attached hydrogen (secondary N) is 3. The molecule has 0 rings (SSSR count). The van der Waals surface area contributed by atoms with Crippen LogP contribution in [-0.2, 0) is 4.74 Å². The molecule has 3 N–H and O–H groups in total. The van der Waals surface area contributed by atoms with Gasteiger partial charge >= 0.3 is 12.1 Å². The van der Waals surface area contributed by atoms with Gasteiger partial charge in [0.25, 0.3) is 0 Å². The molecule has 0 aromatic rings. The van der Waals surface area contributed by atoms with Crippen molar-refractivity contribution in [3.05, 3.63) is 0 Å². The van der Waals surface area contributed by atoms with Crippen molar-refractivity contribution in [2.24, 2.45) is 0 Å². The lowest BCUT2D eigenvalue weighted by Gasteiger charge is -2.35. The Kier molecular flexibility index (Phi) is 5.25. The zero-order chi connectivity index (χ0) is 13.7. The summed E-state index contributed by atoms with van der Waals surface area (Å²) in [4.78, 5) is 22.4. The van der Waals surface area contributed by atoms with Crippen LogP contribution >= 0.6 is 0 Å². The Hall–Kier alpha value is -1.46. The van der Waals surface area contributed by atoms with Gasteiger partial charge in [0.1, 0.15) is 0 Å². The summed E-state index contributed by atoms with van der Waals surface area (Å²) in [6, 6.07) is -0.246. The number of hydrogen-bond acceptors (Lipinski definition) is 3. The van der Waals surface area contributed by atoms with E-state index in [0.717, 1.165) is 0 Å². The molecule has 0 aromatic carbocycles. The molecule has 6 nitrogen and oxygen atoms in total. The summed E-state index contributed by atoms with van der Waals surface area (Å²) in [5, 5.41) is 8.03. The number of hydrogen-bond donors (Lipinski definition) is 3. The third-order valence-electron chi connectivity index (χ3n) is 2.19. The molecule has 0 heterocycles. The zero-order valence-electron chi connectivity index (χ0n) is 11.4. The van der Waals surface area contributed by atoms with Gasteiger partial charge in [0.2, 0.25) is 0 Å². The molecule has 17 heavy (non-hydrogen) atoms. The molecule has 0 saturated heterocycles. The molecule has 0 spiro atoms. The van der Waals surface area contributed by atoms with E-state index in [1.165, 1.54) is 7.11 Å². The van der Waals surface area contributed by atoms with Crippen molar-refractivity contribution in [1.29, 1.82) is 0 Å². The first-order valence-electron chi connectivity index (χ1n) is 5.48. The zero-order valence-corrected chi connectivity index (χ0v) is 11.4. The van der Waals surface area contributed by atoms with Gasteiger partial charge in [-0.05, 0) is 34.1 Å². The van der Waals surface area contributed by atoms with Crippen molar-refractivity contribution < 1.29 is 14.3 Å². The fraction of sp³-hybridized carbons (Fsp3) is 0.818. The molecule has 0 radical (unpaired) electrons. The van der Waals surface area contributed by atoms with Crippen molar-refractivity contribution in [3.8, 4) is 0 Å². The van der Waals surface area contributed by atoms with Crippen LogP contribution in [0.2, 0.25) is 0 Å². The van der Waals surface area contributed by atoms with Gasteiger partial charge in [0, 0.05) is 18.1 Å². The maximum Gasteiger partial charge on any atom is 0.407 e. The highest BCUT2D eigenvalue weighted by atomic mass is 16.5. The molecule has 0 atom stereocenters. The molecule has 0 unspecified atom stereocenters. The number of alkyl carbamates (subject to hydrolysis) is 1. The SMILES string of the molecule is CNC(=O)NC(C)(C)CC(C)(C)NC(=O)OC. The highest BCUT2D eigenvalue weighted by molar-refractivity contribution is 5.74. The molecule has 0 fully saturated rings. The molecule has 100 valence electrons. The van der Waals surface area contributed by atoms with Crippen LogP contribution in [0.3, 0.4) is 0 Å². The number of methoxy groups -OCH3 is 1. The third kappa shape index (κ3) is 6.65. The normalized spacial score (nSPS) is 11.6. The second kappa shape index (κ2) is 5.75. The number of amides is 3. The van der Waals surface area contributed by atoms with E-state index >= 15 is 0 Å². The van der Waals surface area contributed by atoms with Crippen LogP contribution in [0.1, 0.15) is 34.1 Å². The molecular formula is C11H23N3O3. The van der Waals surface area contributed by atoms with Crippen molar-refractivity contribution >= 4 is 12.1 Å². The molecule has 6 heteroatoms. The molecule has 3 amide bonds. The van der Waals surface area contributed by atoms with E-state index in [9.17, 15) is 9.59 Å². The van der Waals surface area contributed by atoms with Crippen LogP contribution in [0, 0.1) is 0 Å². The smallest absolute Gasteiger partial charge is 0.407 e. The number of carbonyl (C=O) groups excluding carboxylic acids is 2. The van der Waals surface area contributed by atoms with Gasteiger partial charge in [-0.2, -0.15) is 0 Å². The summed E-state index contributed by atoms with van der Waals surface area (Å²) in [6.45, 7) is 7.53. The van der Waals surface area contributed by atoms with E-state index in [2.05, 4.69) is 20.7 Å². The molecule has 0 saturated carbocycles. The quantitative estimate of drug-likeness (QED) is 0.696. The minimum absolute atomic E-state index is 0.246. The van der Waals surface area contributed by atoms with E-state index < -0.39 is 17.2 Å². The van der Waals surface area contributed by atoms with Gasteiger partial charge in [-0.15, -0.1) is 0 Å². The Morgan fingerprint density at radius 1 is 1.06 bits per heavy atom. The maximum absolute atomic E-state index is 11.3. The first kappa shape index (κ1) is 15.5. The second-order valence-corrected chi connectivity index (χ2v) is 5.27. The average Bonchev–Trinajstić information content (AvgIpc) is 2.13. The van der Waals surface area contributed by atoms with Gasteiger partial charge in [-0.3, -0.25) is 0 Å². The fourth-order valence-corrected chi connectivity index (χ4v) is 1.89. The monoisotopic (exact) mass is 245 g/mol. The van der Waals surface area contributed by atoms with Crippen LogP contribution in [0.25, 0.3) is 0 Å². The van der Waals surface area contributed by atoms with Crippen molar-refractivity contribution in [3.63, 3.8) is 0 Å². The molecule has 0 aliphatic rings. The minimum atomic E-state index is -0.481. The van der Waals surface area contributed by atoms with E-state index in [1.54, 1.807) is 7.05 Å². The summed E-state index contributed by atoms with van der Waals surface area (Å²) in [7, 11) is 2.88. The Bertz CT molecular complexity index is 260. The number of carbonyl (C=O) groups is 2. The number of urea groups is 1. The maximum atomic E-state index is 11.3. The largest absolute Gasteiger partial charge is 0.453 e. The highest BCUT2D eigenvalue weighted by Crippen LogP contribution is 2.19. The van der Waals surface area contributed by atoms with E-state index in [-0.39, 0.29) is 6.03 Å². The lowest BCUT2D eigenvalue weighted by molar-refractivity contribution is 0.152. The molecule has 0 bridgehead atoms. The molecular weight excluding hydrogens is 222 g/mol. The van der Waals surface area contributed by atoms with Gasteiger partial charge in [-0.25, -0.2) is 9.59 Å². The van der Waals surface area contributed by atoms with Crippen LogP contribution in [0.15, 0.2) is 0 Å². The van der Waals surface area contributed by atoms with E-state index in [4.69, 9.17) is 0 Å². The molecule has 0 aromatic heterocycles. The third-order valence-corrected chi connectivity index (χ3v) is 2.19. The van der Waals surface area contributed by atoms with Crippen LogP contribution < -0.4 is 16.0 Å². The van der Waals surface area contributed by atoms with Crippen molar-refractivity contribution in [2.45, 2.75) is 45.2 Å². The van der Waals surface area contributed by atoms with Crippen LogP contribution in [-0.4, -0.2) is 37.4 Å². The van der Waals surface area contributed by atoms with Crippen LogP contribution in [0.5, 0.6) is 0 Å². The number of rotatable bonds is 4. The first-order valence-corrected chi connectivity index (χ1v) is 5.48. The summed E-state index contributed by atoms with van der Waals surface area (Å²) in [5.41, 5.74) is -0.914. The van der Waals surface area contributed by atoms with Gasteiger partial charge in [0.05, 0.1) is 7.11 Å². The average molecular weight is 245 g/mol. The Morgan fingerprint density at radius 3 is 1.94 bits per heavy atom. The fourth-order valence-electron chi connectivity index (χ4n) is 1.89. The van der Waals surface area contributed by atoms with Crippen LogP contribution in [0.4, 0.5) is 9.59 Å². The van der Waals surface area contributed by atoms with Gasteiger partial charge in [0.15, 0.2) is 0 Å². The van der Waals surface area contributed by atoms with E-state index in [0.29, 0.717) is 6.42 Å². The lowest BCUT2D eigenvalue weighted by atomic mass is 9.87. The minimum Gasteiger partial charge on any atom is -0.453 e. The lowest BCUT2D eigenvalue weighted by Crippen LogP contribution is -2.55. The summed E-state index contributed by atoms with van der Waals surface area (Å²) >= 11 is 0. The summed E-state index contributed by atoms with van der Waals surface area (Å²) in [5.74, 6) is 0. The van der Waals surface area contributed by atoms with Gasteiger partial charge < -0.3 is 20.7 Å². The number of ether oxygens (including phenoxy) is 1. The van der Waals surface area contributed by atoms with Gasteiger partial charge in [-0.1, -0.05) is 0 Å². The first-order chi connectivity index (χ1) is 7.62. The second-order valence-electron chi connectivity index (χ2n) is 5.27. The summed E-state index contributed by atoms with van der Waals surface area (Å²) in [6.07, 6.45) is 0.0912. The predicted octanol–water partition coefficient (Wildman–Crippen LogP) is 1.22. The Balaban J connectivity index is 4.46. The predicted molar refractivity (Wildman–Crippen MR) is 65.9 cm³/mol. The topological polar surface area (TPSA) is 79.5 Å². The molecule has 0 aliphatic carbocycles. The standard InChI is InChI=1S/C11H23N3O3/c1-10(2,13-8(15)12-5)7-11(3,4)14-9(16)17-6/h7H2,1-6H3,(H,14,16)(H2,12,13,15). The van der Waals surface area contributed by atoms with Crippen molar-refractivity contribution in [2.75, 3.05) is 14.2 Å². The Morgan fingerprint density at radius 2 is 1.53 bits per heavy atom. The highest BCUT2D eigenvalue weighted by Gasteiger charge is 2.31. The van der Waals surface area contributed by atoms with E-state index in [1.807, 2.05) is 27.7 Å². The summed E-state index contributed by atoms with van der Waals surface area (Å²) < 4.78 is 4.55.